The SMILES string of the molecule is O=C(O)CC1C=CC=C/C1=N\NC(=O)OCc1ccc([N+](=O)[O-])cc1. The Morgan fingerprint density at radius 2 is 2.00 bits per heavy atom. The van der Waals surface area contributed by atoms with Crippen LogP contribution in [0.1, 0.15) is 12.0 Å². The van der Waals surface area contributed by atoms with Crippen LogP contribution >= 0.6 is 0 Å². The van der Waals surface area contributed by atoms with Crippen LogP contribution in [-0.2, 0) is 16.1 Å². The van der Waals surface area contributed by atoms with Gasteiger partial charge >= 0.3 is 12.1 Å². The van der Waals surface area contributed by atoms with Crippen molar-refractivity contribution >= 4 is 23.5 Å². The van der Waals surface area contributed by atoms with Crippen molar-refractivity contribution in [3.63, 3.8) is 0 Å². The van der Waals surface area contributed by atoms with Crippen LogP contribution in [0.2, 0.25) is 0 Å². The van der Waals surface area contributed by atoms with Crippen molar-refractivity contribution in [2.45, 2.75) is 13.0 Å². The Labute approximate surface area is 142 Å². The average molecular weight is 345 g/mol. The van der Waals surface area contributed by atoms with Gasteiger partial charge in [0, 0.05) is 18.1 Å². The van der Waals surface area contributed by atoms with Crippen LogP contribution in [0.15, 0.2) is 53.7 Å². The molecule has 0 spiro atoms. The number of carbonyl (C=O) groups is 2. The van der Waals surface area contributed by atoms with Crippen LogP contribution in [0.4, 0.5) is 10.5 Å². The van der Waals surface area contributed by atoms with E-state index in [1.165, 1.54) is 24.3 Å². The Bertz CT molecular complexity index is 752. The van der Waals surface area contributed by atoms with Gasteiger partial charge in [-0.1, -0.05) is 18.2 Å². The van der Waals surface area contributed by atoms with E-state index in [1.54, 1.807) is 24.3 Å². The number of nitro groups is 1. The third-order valence-corrected chi connectivity index (χ3v) is 3.29. The molecule has 1 amide bonds. The number of hydrogen-bond acceptors (Lipinski definition) is 6. The summed E-state index contributed by atoms with van der Waals surface area (Å²) < 4.78 is 4.95. The number of nitro benzene ring substituents is 1. The molecule has 9 heteroatoms. The summed E-state index contributed by atoms with van der Waals surface area (Å²) >= 11 is 0. The van der Waals surface area contributed by atoms with E-state index in [1.807, 2.05) is 0 Å². The standard InChI is InChI=1S/C16H15N3O6/c20-15(21)9-12-3-1-2-4-14(12)17-18-16(22)25-10-11-5-7-13(8-6-11)19(23)24/h1-8,12H,9-10H2,(H,18,22)(H,20,21)/b17-14+. The Morgan fingerprint density at radius 1 is 1.28 bits per heavy atom. The quantitative estimate of drug-likeness (QED) is 0.601. The summed E-state index contributed by atoms with van der Waals surface area (Å²) in [6.45, 7) is -0.0804. The Kier molecular flexibility index (Phi) is 5.99. The largest absolute Gasteiger partial charge is 0.481 e. The van der Waals surface area contributed by atoms with Crippen molar-refractivity contribution in [2.75, 3.05) is 0 Å². The van der Waals surface area contributed by atoms with Gasteiger partial charge in [-0.2, -0.15) is 5.10 Å². The van der Waals surface area contributed by atoms with Crippen LogP contribution < -0.4 is 5.43 Å². The second kappa shape index (κ2) is 8.39. The highest BCUT2D eigenvalue weighted by atomic mass is 16.6. The minimum absolute atomic E-state index is 0.0544. The molecule has 130 valence electrons. The first-order valence-corrected chi connectivity index (χ1v) is 7.26. The summed E-state index contributed by atoms with van der Waals surface area (Å²) in [5.74, 6) is -1.41. The number of hydrogen-bond donors (Lipinski definition) is 2. The van der Waals surface area contributed by atoms with Crippen LogP contribution in [0.25, 0.3) is 0 Å². The number of allylic oxidation sites excluding steroid dienone is 4. The van der Waals surface area contributed by atoms with E-state index in [2.05, 4.69) is 10.5 Å². The number of hydrazone groups is 1. The molecule has 1 aromatic rings. The Morgan fingerprint density at radius 3 is 2.64 bits per heavy atom. The maximum absolute atomic E-state index is 11.7. The molecule has 0 radical (unpaired) electrons. The van der Waals surface area contributed by atoms with Gasteiger partial charge in [-0.05, 0) is 23.8 Å². The lowest BCUT2D eigenvalue weighted by Crippen LogP contribution is -2.24. The first-order valence-electron chi connectivity index (χ1n) is 7.26. The Hall–Kier alpha value is -3.49. The zero-order valence-corrected chi connectivity index (χ0v) is 13.0. The van der Waals surface area contributed by atoms with Crippen molar-refractivity contribution in [1.29, 1.82) is 0 Å². The molecule has 0 fully saturated rings. The number of aliphatic carboxylic acids is 1. The summed E-state index contributed by atoms with van der Waals surface area (Å²) in [5, 5.41) is 23.3. The highest BCUT2D eigenvalue weighted by molar-refractivity contribution is 6.01. The molecule has 0 aromatic heterocycles. The van der Waals surface area contributed by atoms with E-state index < -0.39 is 22.9 Å². The molecule has 0 aliphatic heterocycles. The lowest BCUT2D eigenvalue weighted by molar-refractivity contribution is -0.384. The topological polar surface area (TPSA) is 131 Å². The molecule has 25 heavy (non-hydrogen) atoms. The molecule has 9 nitrogen and oxygen atoms in total. The molecule has 1 atom stereocenters. The molecular formula is C16H15N3O6. The van der Waals surface area contributed by atoms with Crippen molar-refractivity contribution in [1.82, 2.24) is 5.43 Å². The number of non-ortho nitro benzene ring substituents is 1. The van der Waals surface area contributed by atoms with Gasteiger partial charge in [-0.3, -0.25) is 14.9 Å². The monoisotopic (exact) mass is 345 g/mol. The van der Waals surface area contributed by atoms with Gasteiger partial charge in [0.1, 0.15) is 6.61 Å². The first kappa shape index (κ1) is 17.9. The fraction of sp³-hybridized carbons (Fsp3) is 0.188. The maximum Gasteiger partial charge on any atom is 0.428 e. The summed E-state index contributed by atoms with van der Waals surface area (Å²) in [6, 6.07) is 5.59. The zero-order chi connectivity index (χ0) is 18.2. The number of nitrogens with zero attached hydrogens (tertiary/aromatic N) is 2. The zero-order valence-electron chi connectivity index (χ0n) is 13.0. The molecule has 1 aliphatic carbocycles. The second-order valence-corrected chi connectivity index (χ2v) is 5.10. The number of carboxylic acid groups (broad SMARTS) is 1. The lowest BCUT2D eigenvalue weighted by atomic mass is 9.95. The van der Waals surface area contributed by atoms with Gasteiger partial charge in [-0.25, -0.2) is 10.2 Å². The molecule has 0 bridgehead atoms. The number of benzene rings is 1. The second-order valence-electron chi connectivity index (χ2n) is 5.10. The van der Waals surface area contributed by atoms with Gasteiger partial charge in [0.05, 0.1) is 17.1 Å². The molecule has 0 saturated carbocycles. The van der Waals surface area contributed by atoms with E-state index in [9.17, 15) is 19.7 Å². The lowest BCUT2D eigenvalue weighted by Gasteiger charge is -2.13. The van der Waals surface area contributed by atoms with Crippen LogP contribution in [0, 0.1) is 16.0 Å². The smallest absolute Gasteiger partial charge is 0.428 e. The van der Waals surface area contributed by atoms with Gasteiger partial charge < -0.3 is 9.84 Å². The fourth-order valence-electron chi connectivity index (χ4n) is 2.06. The van der Waals surface area contributed by atoms with E-state index in [-0.39, 0.29) is 18.7 Å². The average Bonchev–Trinajstić information content (AvgIpc) is 2.59. The van der Waals surface area contributed by atoms with Gasteiger partial charge in [0.25, 0.3) is 5.69 Å². The van der Waals surface area contributed by atoms with Crippen LogP contribution in [0.5, 0.6) is 0 Å². The summed E-state index contributed by atoms with van der Waals surface area (Å²) in [6.07, 6.45) is 5.71. The normalized spacial score (nSPS) is 17.3. The molecule has 2 rings (SSSR count). The summed E-state index contributed by atoms with van der Waals surface area (Å²) in [4.78, 5) is 32.5. The minimum atomic E-state index is -0.974. The third-order valence-electron chi connectivity index (χ3n) is 3.29. The highest BCUT2D eigenvalue weighted by Gasteiger charge is 2.17. The molecule has 0 saturated heterocycles. The van der Waals surface area contributed by atoms with Crippen molar-refractivity contribution in [3.05, 3.63) is 64.2 Å². The molecule has 2 N–H and O–H groups in total. The fourth-order valence-corrected chi connectivity index (χ4v) is 2.06. The first-order chi connectivity index (χ1) is 12.0. The predicted molar refractivity (Wildman–Crippen MR) is 87.9 cm³/mol. The summed E-state index contributed by atoms with van der Waals surface area (Å²) in [5.41, 5.74) is 3.12. The maximum atomic E-state index is 11.7. The van der Waals surface area contributed by atoms with Crippen molar-refractivity contribution in [3.8, 4) is 0 Å². The van der Waals surface area contributed by atoms with E-state index in [4.69, 9.17) is 9.84 Å². The number of rotatable bonds is 6. The predicted octanol–water partition coefficient (Wildman–Crippen LogP) is 2.39. The molecule has 1 aliphatic rings. The van der Waals surface area contributed by atoms with Crippen molar-refractivity contribution in [2.24, 2.45) is 11.0 Å². The van der Waals surface area contributed by atoms with Gasteiger partial charge in [-0.15, -0.1) is 0 Å². The number of ether oxygens (including phenoxy) is 1. The van der Waals surface area contributed by atoms with Gasteiger partial charge in [0.2, 0.25) is 0 Å². The third kappa shape index (κ3) is 5.57. The molecule has 0 heterocycles. The van der Waals surface area contributed by atoms with E-state index in [0.717, 1.165) is 0 Å². The van der Waals surface area contributed by atoms with Crippen LogP contribution in [0.3, 0.4) is 0 Å². The number of nitrogens with one attached hydrogen (secondary N) is 1. The summed E-state index contributed by atoms with van der Waals surface area (Å²) in [7, 11) is 0. The molecule has 1 unspecified atom stereocenters. The number of carboxylic acids is 1. The molecular weight excluding hydrogens is 330 g/mol. The number of carbonyl (C=O) groups excluding carboxylic acids is 1. The Balaban J connectivity index is 1.87. The minimum Gasteiger partial charge on any atom is -0.481 e. The van der Waals surface area contributed by atoms with E-state index in [0.29, 0.717) is 11.3 Å². The highest BCUT2D eigenvalue weighted by Crippen LogP contribution is 2.14. The van der Waals surface area contributed by atoms with Crippen molar-refractivity contribution < 1.29 is 24.4 Å². The molecule has 1 aromatic carbocycles. The van der Waals surface area contributed by atoms with E-state index >= 15 is 0 Å². The van der Waals surface area contributed by atoms with Gasteiger partial charge in [0.15, 0.2) is 0 Å². The van der Waals surface area contributed by atoms with Crippen LogP contribution in [-0.4, -0.2) is 27.8 Å². The number of amides is 1.